The summed E-state index contributed by atoms with van der Waals surface area (Å²) in [7, 11) is 0. The van der Waals surface area contributed by atoms with Gasteiger partial charge >= 0.3 is 5.69 Å². The zero-order chi connectivity index (χ0) is 12.5. The first-order valence-corrected chi connectivity index (χ1v) is 5.74. The van der Waals surface area contributed by atoms with Crippen molar-refractivity contribution < 1.29 is 4.92 Å². The van der Waals surface area contributed by atoms with E-state index in [1.165, 1.54) is 6.07 Å². The number of rotatable bonds is 2. The Kier molecular flexibility index (Phi) is 2.47. The molecule has 0 amide bonds. The lowest BCUT2D eigenvalue weighted by Crippen LogP contribution is -2.34. The summed E-state index contributed by atoms with van der Waals surface area (Å²) in [5.74, 6) is 0.454. The minimum atomic E-state index is -0.379. The van der Waals surface area contributed by atoms with E-state index in [9.17, 15) is 10.1 Å². The van der Waals surface area contributed by atoms with Crippen molar-refractivity contribution in [2.24, 2.45) is 0 Å². The van der Waals surface area contributed by atoms with Gasteiger partial charge in [-0.1, -0.05) is 0 Å². The lowest BCUT2D eigenvalue weighted by atomic mass is 10.2. The Morgan fingerprint density at radius 2 is 2.17 bits per heavy atom. The van der Waals surface area contributed by atoms with Crippen LogP contribution in [0.15, 0.2) is 36.7 Å². The first kappa shape index (κ1) is 10.8. The molecule has 0 radical (unpaired) electrons. The van der Waals surface area contributed by atoms with Crippen LogP contribution in [0.3, 0.4) is 0 Å². The average Bonchev–Trinajstić information content (AvgIpc) is 2.85. The van der Waals surface area contributed by atoms with E-state index < -0.39 is 0 Å². The topological polar surface area (TPSA) is 64.2 Å². The molecule has 0 N–H and O–H groups in total. The number of anilines is 1. The van der Waals surface area contributed by atoms with E-state index in [0.717, 1.165) is 18.8 Å². The standard InChI is InChI=1S/C12H12N4O2/c17-16(18)11-4-1-5-13-12(11)15-8-7-14-6-2-3-10(14)9-15/h1-6H,7-9H2. The average molecular weight is 244 g/mol. The Morgan fingerprint density at radius 1 is 1.28 bits per heavy atom. The number of hydrogen-bond acceptors (Lipinski definition) is 4. The zero-order valence-electron chi connectivity index (χ0n) is 9.69. The maximum absolute atomic E-state index is 11.0. The lowest BCUT2D eigenvalue weighted by Gasteiger charge is -2.29. The Balaban J connectivity index is 1.95. The van der Waals surface area contributed by atoms with Crippen molar-refractivity contribution in [3.8, 4) is 0 Å². The van der Waals surface area contributed by atoms with Gasteiger partial charge in [-0.15, -0.1) is 0 Å². The van der Waals surface area contributed by atoms with E-state index in [0.29, 0.717) is 12.4 Å². The van der Waals surface area contributed by atoms with Gasteiger partial charge in [0.1, 0.15) is 0 Å². The fourth-order valence-corrected chi connectivity index (χ4v) is 2.27. The largest absolute Gasteiger partial charge is 0.348 e. The van der Waals surface area contributed by atoms with Crippen LogP contribution >= 0.6 is 0 Å². The van der Waals surface area contributed by atoms with Crippen molar-refractivity contribution in [3.05, 3.63) is 52.5 Å². The van der Waals surface area contributed by atoms with E-state index in [1.807, 2.05) is 23.2 Å². The van der Waals surface area contributed by atoms with Crippen LogP contribution in [0, 0.1) is 10.1 Å². The number of pyridine rings is 1. The lowest BCUT2D eigenvalue weighted by molar-refractivity contribution is -0.384. The monoisotopic (exact) mass is 244 g/mol. The van der Waals surface area contributed by atoms with Crippen molar-refractivity contribution in [2.75, 3.05) is 11.4 Å². The highest BCUT2D eigenvalue weighted by atomic mass is 16.6. The molecule has 1 aliphatic rings. The summed E-state index contributed by atoms with van der Waals surface area (Å²) < 4.78 is 2.16. The van der Waals surface area contributed by atoms with Gasteiger partial charge in [0.05, 0.1) is 11.5 Å². The third kappa shape index (κ3) is 1.71. The summed E-state index contributed by atoms with van der Waals surface area (Å²) in [5, 5.41) is 11.0. The van der Waals surface area contributed by atoms with Gasteiger partial charge in [-0.05, 0) is 18.2 Å². The van der Waals surface area contributed by atoms with Crippen molar-refractivity contribution >= 4 is 11.5 Å². The quantitative estimate of drug-likeness (QED) is 0.597. The zero-order valence-corrected chi connectivity index (χ0v) is 9.69. The molecule has 6 nitrogen and oxygen atoms in total. The molecule has 18 heavy (non-hydrogen) atoms. The van der Waals surface area contributed by atoms with E-state index >= 15 is 0 Å². The first-order chi connectivity index (χ1) is 8.75. The summed E-state index contributed by atoms with van der Waals surface area (Å²) >= 11 is 0. The van der Waals surface area contributed by atoms with Gasteiger partial charge in [-0.25, -0.2) is 4.98 Å². The second-order valence-electron chi connectivity index (χ2n) is 4.22. The molecule has 0 spiro atoms. The van der Waals surface area contributed by atoms with Gasteiger partial charge in [0.15, 0.2) is 0 Å². The van der Waals surface area contributed by atoms with Gasteiger partial charge in [-0.2, -0.15) is 0 Å². The van der Waals surface area contributed by atoms with Gasteiger partial charge in [0, 0.05) is 37.2 Å². The van der Waals surface area contributed by atoms with E-state index in [1.54, 1.807) is 12.3 Å². The molecular formula is C12H12N4O2. The fourth-order valence-electron chi connectivity index (χ4n) is 2.27. The molecule has 1 aliphatic heterocycles. The summed E-state index contributed by atoms with van der Waals surface area (Å²) in [6, 6.07) is 7.11. The Morgan fingerprint density at radius 3 is 3.00 bits per heavy atom. The predicted octanol–water partition coefficient (Wildman–Crippen LogP) is 1.81. The van der Waals surface area contributed by atoms with Crippen molar-refractivity contribution in [2.45, 2.75) is 13.1 Å². The molecule has 2 aromatic heterocycles. The fraction of sp³-hybridized carbons (Fsp3) is 0.250. The maximum Gasteiger partial charge on any atom is 0.311 e. The summed E-state index contributed by atoms with van der Waals surface area (Å²) in [5.41, 5.74) is 1.22. The molecule has 0 aliphatic carbocycles. The van der Waals surface area contributed by atoms with Crippen LogP contribution in [0.1, 0.15) is 5.69 Å². The smallest absolute Gasteiger partial charge is 0.311 e. The molecule has 6 heteroatoms. The second kappa shape index (κ2) is 4.14. The van der Waals surface area contributed by atoms with Gasteiger partial charge in [0.2, 0.25) is 5.82 Å². The number of nitro groups is 1. The molecule has 0 aromatic carbocycles. The second-order valence-corrected chi connectivity index (χ2v) is 4.22. The third-order valence-corrected chi connectivity index (χ3v) is 3.15. The number of hydrogen-bond donors (Lipinski definition) is 0. The van der Waals surface area contributed by atoms with Gasteiger partial charge in [0.25, 0.3) is 0 Å². The molecule has 3 rings (SSSR count). The summed E-state index contributed by atoms with van der Waals surface area (Å²) in [6.07, 6.45) is 3.62. The summed E-state index contributed by atoms with van der Waals surface area (Å²) in [4.78, 5) is 16.7. The molecule has 0 saturated heterocycles. The molecule has 92 valence electrons. The van der Waals surface area contributed by atoms with Crippen LogP contribution in [0.25, 0.3) is 0 Å². The molecule has 2 aromatic rings. The predicted molar refractivity (Wildman–Crippen MR) is 66.4 cm³/mol. The maximum atomic E-state index is 11.0. The summed E-state index contributed by atoms with van der Waals surface area (Å²) in [6.45, 7) is 2.22. The Hall–Kier alpha value is -2.37. The molecule has 0 fully saturated rings. The molecule has 0 atom stereocenters. The SMILES string of the molecule is O=[N+]([O-])c1cccnc1N1CCn2cccc2C1. The Bertz CT molecular complexity index is 593. The number of fused-ring (bicyclic) bond motifs is 1. The van der Waals surface area contributed by atoms with E-state index in [-0.39, 0.29) is 10.6 Å². The first-order valence-electron chi connectivity index (χ1n) is 5.74. The molecule has 3 heterocycles. The Labute approximate surface area is 104 Å². The van der Waals surface area contributed by atoms with E-state index in [4.69, 9.17) is 0 Å². The van der Waals surface area contributed by atoms with Crippen molar-refractivity contribution in [1.82, 2.24) is 9.55 Å². The highest BCUT2D eigenvalue weighted by molar-refractivity contribution is 5.57. The van der Waals surface area contributed by atoms with Crippen LogP contribution in [0.4, 0.5) is 11.5 Å². The van der Waals surface area contributed by atoms with Crippen LogP contribution in [-0.4, -0.2) is 21.0 Å². The van der Waals surface area contributed by atoms with Crippen LogP contribution in [-0.2, 0) is 13.1 Å². The van der Waals surface area contributed by atoms with Crippen LogP contribution in [0.5, 0.6) is 0 Å². The highest BCUT2D eigenvalue weighted by Gasteiger charge is 2.23. The third-order valence-electron chi connectivity index (χ3n) is 3.15. The van der Waals surface area contributed by atoms with Gasteiger partial charge < -0.3 is 9.47 Å². The minimum absolute atomic E-state index is 0.0671. The van der Waals surface area contributed by atoms with Crippen molar-refractivity contribution in [3.63, 3.8) is 0 Å². The highest BCUT2D eigenvalue weighted by Crippen LogP contribution is 2.27. The van der Waals surface area contributed by atoms with Crippen LogP contribution in [0.2, 0.25) is 0 Å². The molecule has 0 bridgehead atoms. The van der Waals surface area contributed by atoms with Crippen LogP contribution < -0.4 is 4.90 Å². The normalized spacial score (nSPS) is 14.3. The molecule has 0 saturated carbocycles. The number of aromatic nitrogens is 2. The van der Waals surface area contributed by atoms with Crippen molar-refractivity contribution in [1.29, 1.82) is 0 Å². The van der Waals surface area contributed by atoms with E-state index in [2.05, 4.69) is 9.55 Å². The molecular weight excluding hydrogens is 232 g/mol. The molecule has 0 unspecified atom stereocenters. The minimum Gasteiger partial charge on any atom is -0.348 e. The van der Waals surface area contributed by atoms with Gasteiger partial charge in [-0.3, -0.25) is 10.1 Å². The number of nitrogens with zero attached hydrogens (tertiary/aromatic N) is 4.